The van der Waals surface area contributed by atoms with Crippen molar-refractivity contribution < 1.29 is 9.53 Å². The molecule has 0 aliphatic rings. The van der Waals surface area contributed by atoms with Crippen molar-refractivity contribution in [1.29, 1.82) is 0 Å². The molecule has 0 fully saturated rings. The SMILES string of the molecule is Cc1cc(OCCCCn2c(CCNC(=O)c3cccnc3)nc3ccccc32)cc(C)c1Cl. The van der Waals surface area contributed by atoms with E-state index < -0.39 is 0 Å². The molecule has 0 aliphatic carbocycles. The van der Waals surface area contributed by atoms with Crippen LogP contribution in [0.1, 0.15) is 40.2 Å². The first-order valence-corrected chi connectivity index (χ1v) is 11.9. The molecule has 6 nitrogen and oxygen atoms in total. The number of benzene rings is 2. The summed E-state index contributed by atoms with van der Waals surface area (Å²) in [5.74, 6) is 1.70. The van der Waals surface area contributed by atoms with Crippen molar-refractivity contribution in [1.82, 2.24) is 19.9 Å². The van der Waals surface area contributed by atoms with E-state index in [1.165, 1.54) is 0 Å². The highest BCUT2D eigenvalue weighted by Crippen LogP contribution is 2.26. The van der Waals surface area contributed by atoms with E-state index in [1.807, 2.05) is 44.2 Å². The number of rotatable bonds is 10. The summed E-state index contributed by atoms with van der Waals surface area (Å²) in [5.41, 5.74) is 4.70. The molecule has 2 aromatic carbocycles. The minimum atomic E-state index is -0.124. The number of unbranched alkanes of at least 4 members (excludes halogenated alkanes) is 1. The van der Waals surface area contributed by atoms with Crippen LogP contribution in [-0.4, -0.2) is 33.6 Å². The Morgan fingerprint density at radius 1 is 1.09 bits per heavy atom. The fourth-order valence-electron chi connectivity index (χ4n) is 4.00. The Kier molecular flexibility index (Phi) is 7.80. The number of carbonyl (C=O) groups excluding carboxylic acids is 1. The number of fused-ring (bicyclic) bond motifs is 1. The van der Waals surface area contributed by atoms with E-state index in [1.54, 1.807) is 24.5 Å². The van der Waals surface area contributed by atoms with Gasteiger partial charge in [-0.1, -0.05) is 23.7 Å². The van der Waals surface area contributed by atoms with E-state index in [2.05, 4.69) is 20.9 Å². The predicted octanol–water partition coefficient (Wildman–Crippen LogP) is 5.53. The highest BCUT2D eigenvalue weighted by molar-refractivity contribution is 6.32. The van der Waals surface area contributed by atoms with Gasteiger partial charge in [-0.25, -0.2) is 4.98 Å². The quantitative estimate of drug-likeness (QED) is 0.305. The van der Waals surface area contributed by atoms with E-state index in [0.29, 0.717) is 25.1 Å². The zero-order valence-corrected chi connectivity index (χ0v) is 20.3. The molecule has 0 atom stereocenters. The van der Waals surface area contributed by atoms with Crippen LogP contribution < -0.4 is 10.1 Å². The number of aromatic nitrogens is 3. The third-order valence-electron chi connectivity index (χ3n) is 5.75. The summed E-state index contributed by atoms with van der Waals surface area (Å²) < 4.78 is 8.21. The van der Waals surface area contributed by atoms with Crippen LogP contribution in [-0.2, 0) is 13.0 Å². The number of ether oxygens (including phenoxy) is 1. The molecule has 176 valence electrons. The highest BCUT2D eigenvalue weighted by atomic mass is 35.5. The van der Waals surface area contributed by atoms with E-state index in [9.17, 15) is 4.79 Å². The first-order chi connectivity index (χ1) is 16.5. The summed E-state index contributed by atoms with van der Waals surface area (Å²) in [7, 11) is 0. The second kappa shape index (κ2) is 11.2. The minimum Gasteiger partial charge on any atom is -0.494 e. The molecule has 34 heavy (non-hydrogen) atoms. The van der Waals surface area contributed by atoms with Gasteiger partial charge in [0.25, 0.3) is 5.91 Å². The van der Waals surface area contributed by atoms with Crippen LogP contribution in [0.2, 0.25) is 5.02 Å². The molecular formula is C27H29ClN4O2. The molecule has 0 radical (unpaired) electrons. The summed E-state index contributed by atoms with van der Waals surface area (Å²) in [4.78, 5) is 21.1. The van der Waals surface area contributed by atoms with Crippen molar-refractivity contribution in [2.45, 2.75) is 39.7 Å². The summed E-state index contributed by atoms with van der Waals surface area (Å²) in [6.45, 7) is 5.98. The third kappa shape index (κ3) is 5.75. The maximum Gasteiger partial charge on any atom is 0.252 e. The van der Waals surface area contributed by atoms with Crippen molar-refractivity contribution >= 4 is 28.5 Å². The Balaban J connectivity index is 1.33. The van der Waals surface area contributed by atoms with Crippen LogP contribution in [0.25, 0.3) is 11.0 Å². The van der Waals surface area contributed by atoms with Gasteiger partial charge in [0, 0.05) is 36.9 Å². The fraction of sp³-hybridized carbons (Fsp3) is 0.296. The van der Waals surface area contributed by atoms with E-state index >= 15 is 0 Å². The van der Waals surface area contributed by atoms with Crippen LogP contribution >= 0.6 is 11.6 Å². The number of imidazole rings is 1. The maximum absolute atomic E-state index is 12.3. The van der Waals surface area contributed by atoms with E-state index in [-0.39, 0.29) is 5.91 Å². The van der Waals surface area contributed by atoms with Crippen molar-refractivity contribution in [3.05, 3.63) is 88.5 Å². The molecule has 1 N–H and O–H groups in total. The summed E-state index contributed by atoms with van der Waals surface area (Å²) >= 11 is 6.25. The number of para-hydroxylation sites is 2. The fourth-order valence-corrected chi connectivity index (χ4v) is 4.11. The lowest BCUT2D eigenvalue weighted by molar-refractivity contribution is 0.0953. The largest absolute Gasteiger partial charge is 0.494 e. The molecule has 0 bridgehead atoms. The number of pyridine rings is 1. The number of aryl methyl sites for hydroxylation is 3. The van der Waals surface area contributed by atoms with Crippen molar-refractivity contribution in [3.8, 4) is 5.75 Å². The first kappa shape index (κ1) is 23.8. The smallest absolute Gasteiger partial charge is 0.252 e. The Morgan fingerprint density at radius 2 is 1.88 bits per heavy atom. The number of amides is 1. The molecule has 0 saturated carbocycles. The number of hydrogen-bond donors (Lipinski definition) is 1. The number of nitrogens with zero attached hydrogens (tertiary/aromatic N) is 3. The molecule has 7 heteroatoms. The molecule has 2 heterocycles. The van der Waals surface area contributed by atoms with E-state index in [4.69, 9.17) is 21.3 Å². The van der Waals surface area contributed by atoms with Gasteiger partial charge in [0.05, 0.1) is 23.2 Å². The molecular weight excluding hydrogens is 448 g/mol. The van der Waals surface area contributed by atoms with Crippen LogP contribution in [0.5, 0.6) is 5.75 Å². The van der Waals surface area contributed by atoms with Crippen LogP contribution in [0, 0.1) is 13.8 Å². The molecule has 4 rings (SSSR count). The van der Waals surface area contributed by atoms with Crippen molar-refractivity contribution in [3.63, 3.8) is 0 Å². The van der Waals surface area contributed by atoms with Gasteiger partial charge in [-0.2, -0.15) is 0 Å². The highest BCUT2D eigenvalue weighted by Gasteiger charge is 2.12. The number of halogens is 1. The Morgan fingerprint density at radius 3 is 2.65 bits per heavy atom. The molecule has 1 amide bonds. The van der Waals surface area contributed by atoms with Crippen LogP contribution in [0.15, 0.2) is 60.9 Å². The number of hydrogen-bond acceptors (Lipinski definition) is 4. The number of carbonyl (C=O) groups is 1. The Bertz CT molecular complexity index is 1250. The Hall–Kier alpha value is -3.38. The molecule has 2 aromatic heterocycles. The van der Waals surface area contributed by atoms with Gasteiger partial charge in [0.15, 0.2) is 0 Å². The number of nitrogens with one attached hydrogen (secondary N) is 1. The average Bonchev–Trinajstić information content (AvgIpc) is 3.20. The topological polar surface area (TPSA) is 69.0 Å². The minimum absolute atomic E-state index is 0.124. The summed E-state index contributed by atoms with van der Waals surface area (Å²) in [6.07, 6.45) is 5.76. The van der Waals surface area contributed by atoms with Gasteiger partial charge in [0.1, 0.15) is 11.6 Å². The van der Waals surface area contributed by atoms with Gasteiger partial charge < -0.3 is 14.6 Å². The second-order valence-electron chi connectivity index (χ2n) is 8.34. The van der Waals surface area contributed by atoms with Crippen LogP contribution in [0.3, 0.4) is 0 Å². The normalized spacial score (nSPS) is 11.0. The molecule has 0 aliphatic heterocycles. The molecule has 0 saturated heterocycles. The Labute approximate surface area is 204 Å². The first-order valence-electron chi connectivity index (χ1n) is 11.5. The zero-order chi connectivity index (χ0) is 23.9. The van der Waals surface area contributed by atoms with Crippen molar-refractivity contribution in [2.75, 3.05) is 13.2 Å². The second-order valence-corrected chi connectivity index (χ2v) is 8.72. The standard InChI is InChI=1S/C27H29ClN4O2/c1-19-16-22(17-20(2)26(19)28)34-15-6-5-14-32-24-10-4-3-9-23(24)31-25(32)11-13-30-27(33)21-8-7-12-29-18-21/h3-4,7-10,12,16-18H,5-6,11,13-15H2,1-2H3,(H,30,33). The third-order valence-corrected chi connectivity index (χ3v) is 6.34. The summed E-state index contributed by atoms with van der Waals surface area (Å²) in [5, 5.41) is 3.76. The lowest BCUT2D eigenvalue weighted by atomic mass is 10.1. The van der Waals surface area contributed by atoms with Gasteiger partial charge in [-0.05, 0) is 74.2 Å². The summed E-state index contributed by atoms with van der Waals surface area (Å²) in [6, 6.07) is 15.6. The van der Waals surface area contributed by atoms with Gasteiger partial charge >= 0.3 is 0 Å². The average molecular weight is 477 g/mol. The lowest BCUT2D eigenvalue weighted by Crippen LogP contribution is -2.26. The maximum atomic E-state index is 12.3. The van der Waals surface area contributed by atoms with Gasteiger partial charge in [0.2, 0.25) is 0 Å². The molecule has 0 unspecified atom stereocenters. The van der Waals surface area contributed by atoms with E-state index in [0.717, 1.165) is 58.1 Å². The monoisotopic (exact) mass is 476 g/mol. The lowest BCUT2D eigenvalue weighted by Gasteiger charge is -2.12. The van der Waals surface area contributed by atoms with Gasteiger partial charge in [-0.3, -0.25) is 9.78 Å². The van der Waals surface area contributed by atoms with Crippen LogP contribution in [0.4, 0.5) is 0 Å². The molecule has 4 aromatic rings. The van der Waals surface area contributed by atoms with Gasteiger partial charge in [-0.15, -0.1) is 0 Å². The van der Waals surface area contributed by atoms with Crippen molar-refractivity contribution in [2.24, 2.45) is 0 Å². The zero-order valence-electron chi connectivity index (χ0n) is 19.6. The predicted molar refractivity (Wildman–Crippen MR) is 136 cm³/mol. The molecule has 0 spiro atoms.